The number of nitrogens with one attached hydrogen (secondary N) is 1. The van der Waals surface area contributed by atoms with Crippen molar-refractivity contribution in [2.24, 2.45) is 7.05 Å². The van der Waals surface area contributed by atoms with Crippen LogP contribution in [0, 0.1) is 6.92 Å². The fourth-order valence-electron chi connectivity index (χ4n) is 1.76. The number of benzene rings is 1. The van der Waals surface area contributed by atoms with Crippen LogP contribution in [0.1, 0.15) is 19.2 Å². The van der Waals surface area contributed by atoms with Gasteiger partial charge in [0.1, 0.15) is 5.82 Å². The molecule has 1 N–H and O–H groups in total. The standard InChI is InChI=1S/C13H17N3O/c1-4-7-14-10-5-6-11-12(8-10)15-9(2)16(3)13(11)17/h5-6,8,14H,4,7H2,1-3H3. The molecule has 0 bridgehead atoms. The van der Waals surface area contributed by atoms with Gasteiger partial charge in [0.2, 0.25) is 0 Å². The normalized spacial score (nSPS) is 10.8. The third kappa shape index (κ3) is 2.16. The van der Waals surface area contributed by atoms with Crippen LogP contribution in [-0.4, -0.2) is 16.1 Å². The van der Waals surface area contributed by atoms with Crippen LogP contribution in [0.25, 0.3) is 10.9 Å². The molecule has 17 heavy (non-hydrogen) atoms. The molecule has 0 aliphatic heterocycles. The van der Waals surface area contributed by atoms with Crippen molar-refractivity contribution in [3.63, 3.8) is 0 Å². The minimum atomic E-state index is 0.00883. The number of nitrogens with zero attached hydrogens (tertiary/aromatic N) is 2. The molecular weight excluding hydrogens is 214 g/mol. The van der Waals surface area contributed by atoms with E-state index in [9.17, 15) is 4.79 Å². The Labute approximate surface area is 100 Å². The van der Waals surface area contributed by atoms with E-state index in [-0.39, 0.29) is 5.56 Å². The first-order valence-corrected chi connectivity index (χ1v) is 5.84. The predicted octanol–water partition coefficient (Wildman–Crippen LogP) is 2.06. The molecule has 0 atom stereocenters. The summed E-state index contributed by atoms with van der Waals surface area (Å²) in [5.41, 5.74) is 1.78. The van der Waals surface area contributed by atoms with Crippen molar-refractivity contribution in [1.29, 1.82) is 0 Å². The van der Waals surface area contributed by atoms with Gasteiger partial charge in [0.15, 0.2) is 0 Å². The molecule has 1 aromatic carbocycles. The fourth-order valence-corrected chi connectivity index (χ4v) is 1.76. The van der Waals surface area contributed by atoms with E-state index < -0.39 is 0 Å². The summed E-state index contributed by atoms with van der Waals surface area (Å²) in [6, 6.07) is 5.69. The lowest BCUT2D eigenvalue weighted by molar-refractivity contribution is 0.792. The molecule has 90 valence electrons. The molecule has 1 heterocycles. The Bertz CT molecular complexity index is 601. The average Bonchev–Trinajstić information content (AvgIpc) is 2.33. The van der Waals surface area contributed by atoms with Gasteiger partial charge in [0.05, 0.1) is 10.9 Å². The number of fused-ring (bicyclic) bond motifs is 1. The number of anilines is 1. The molecule has 2 aromatic rings. The Morgan fingerprint density at radius 2 is 2.18 bits per heavy atom. The lowest BCUT2D eigenvalue weighted by atomic mass is 10.2. The zero-order chi connectivity index (χ0) is 12.4. The molecule has 2 rings (SSSR count). The van der Waals surface area contributed by atoms with Crippen LogP contribution in [0.2, 0.25) is 0 Å². The first-order valence-electron chi connectivity index (χ1n) is 5.84. The first-order chi connectivity index (χ1) is 8.13. The molecular formula is C13H17N3O. The molecule has 4 heteroatoms. The topological polar surface area (TPSA) is 46.9 Å². The minimum absolute atomic E-state index is 0.00883. The second-order valence-corrected chi connectivity index (χ2v) is 4.18. The minimum Gasteiger partial charge on any atom is -0.385 e. The van der Waals surface area contributed by atoms with E-state index in [4.69, 9.17) is 0 Å². The average molecular weight is 231 g/mol. The lowest BCUT2D eigenvalue weighted by Crippen LogP contribution is -2.20. The molecule has 0 radical (unpaired) electrons. The Hall–Kier alpha value is -1.84. The summed E-state index contributed by atoms with van der Waals surface area (Å²) in [6.45, 7) is 4.88. The van der Waals surface area contributed by atoms with Crippen molar-refractivity contribution in [1.82, 2.24) is 9.55 Å². The van der Waals surface area contributed by atoms with E-state index in [1.54, 1.807) is 11.6 Å². The molecule has 0 aliphatic carbocycles. The second kappa shape index (κ2) is 4.57. The molecule has 0 spiro atoms. The van der Waals surface area contributed by atoms with Crippen molar-refractivity contribution < 1.29 is 0 Å². The molecule has 1 aromatic heterocycles. The number of hydrogen-bond acceptors (Lipinski definition) is 3. The van der Waals surface area contributed by atoms with E-state index in [2.05, 4.69) is 17.2 Å². The quantitative estimate of drug-likeness (QED) is 0.879. The largest absolute Gasteiger partial charge is 0.385 e. The predicted molar refractivity (Wildman–Crippen MR) is 70.5 cm³/mol. The Morgan fingerprint density at radius 1 is 1.41 bits per heavy atom. The van der Waals surface area contributed by atoms with Crippen molar-refractivity contribution >= 4 is 16.6 Å². The third-order valence-corrected chi connectivity index (χ3v) is 2.88. The van der Waals surface area contributed by atoms with Crippen LogP contribution in [-0.2, 0) is 7.05 Å². The highest BCUT2D eigenvalue weighted by Gasteiger charge is 2.05. The van der Waals surface area contributed by atoms with Gasteiger partial charge in [0, 0.05) is 19.3 Å². The summed E-state index contributed by atoms with van der Waals surface area (Å²) in [5.74, 6) is 0.732. The van der Waals surface area contributed by atoms with Crippen LogP contribution in [0.4, 0.5) is 5.69 Å². The maximum atomic E-state index is 12.0. The van der Waals surface area contributed by atoms with Gasteiger partial charge in [-0.05, 0) is 31.5 Å². The number of aromatic nitrogens is 2. The highest BCUT2D eigenvalue weighted by molar-refractivity contribution is 5.81. The van der Waals surface area contributed by atoms with Crippen LogP contribution in [0.15, 0.2) is 23.0 Å². The van der Waals surface area contributed by atoms with Crippen LogP contribution >= 0.6 is 0 Å². The first kappa shape index (κ1) is 11.6. The summed E-state index contributed by atoms with van der Waals surface area (Å²) in [5, 5.41) is 3.96. The molecule has 0 aliphatic rings. The maximum absolute atomic E-state index is 12.0. The number of rotatable bonds is 3. The van der Waals surface area contributed by atoms with Crippen LogP contribution in [0.3, 0.4) is 0 Å². The van der Waals surface area contributed by atoms with Crippen LogP contribution < -0.4 is 10.9 Å². The van der Waals surface area contributed by atoms with Crippen molar-refractivity contribution in [2.45, 2.75) is 20.3 Å². The van der Waals surface area contributed by atoms with E-state index in [1.165, 1.54) is 0 Å². The van der Waals surface area contributed by atoms with E-state index >= 15 is 0 Å². The van der Waals surface area contributed by atoms with Crippen molar-refractivity contribution in [3.05, 3.63) is 34.4 Å². The van der Waals surface area contributed by atoms with Gasteiger partial charge in [-0.25, -0.2) is 4.98 Å². The molecule has 4 nitrogen and oxygen atoms in total. The highest BCUT2D eigenvalue weighted by Crippen LogP contribution is 2.15. The van der Waals surface area contributed by atoms with Gasteiger partial charge >= 0.3 is 0 Å². The third-order valence-electron chi connectivity index (χ3n) is 2.88. The second-order valence-electron chi connectivity index (χ2n) is 4.18. The van der Waals surface area contributed by atoms with Gasteiger partial charge in [-0.3, -0.25) is 9.36 Å². The zero-order valence-corrected chi connectivity index (χ0v) is 10.4. The molecule has 0 fully saturated rings. The lowest BCUT2D eigenvalue weighted by Gasteiger charge is -2.08. The molecule has 0 amide bonds. The van der Waals surface area contributed by atoms with Gasteiger partial charge in [-0.2, -0.15) is 0 Å². The summed E-state index contributed by atoms with van der Waals surface area (Å²) in [6.07, 6.45) is 1.07. The molecule has 0 saturated carbocycles. The van der Waals surface area contributed by atoms with E-state index in [0.29, 0.717) is 5.39 Å². The van der Waals surface area contributed by atoms with E-state index in [1.807, 2.05) is 25.1 Å². The zero-order valence-electron chi connectivity index (χ0n) is 10.4. The summed E-state index contributed by atoms with van der Waals surface area (Å²) < 4.78 is 1.57. The smallest absolute Gasteiger partial charge is 0.261 e. The van der Waals surface area contributed by atoms with E-state index in [0.717, 1.165) is 30.0 Å². The summed E-state index contributed by atoms with van der Waals surface area (Å²) in [4.78, 5) is 16.4. The highest BCUT2D eigenvalue weighted by atomic mass is 16.1. The van der Waals surface area contributed by atoms with Crippen LogP contribution in [0.5, 0.6) is 0 Å². The SMILES string of the molecule is CCCNc1ccc2c(=O)n(C)c(C)nc2c1. The fraction of sp³-hybridized carbons (Fsp3) is 0.385. The van der Waals surface area contributed by atoms with Gasteiger partial charge < -0.3 is 5.32 Å². The maximum Gasteiger partial charge on any atom is 0.261 e. The molecule has 0 unspecified atom stereocenters. The van der Waals surface area contributed by atoms with Gasteiger partial charge in [-0.15, -0.1) is 0 Å². The van der Waals surface area contributed by atoms with Crippen molar-refractivity contribution in [2.75, 3.05) is 11.9 Å². The Morgan fingerprint density at radius 3 is 2.88 bits per heavy atom. The number of aryl methyl sites for hydroxylation is 1. The molecule has 0 saturated heterocycles. The monoisotopic (exact) mass is 231 g/mol. The summed E-state index contributed by atoms with van der Waals surface area (Å²) >= 11 is 0. The Balaban J connectivity index is 2.55. The number of hydrogen-bond donors (Lipinski definition) is 1. The van der Waals surface area contributed by atoms with Crippen molar-refractivity contribution in [3.8, 4) is 0 Å². The Kier molecular flexibility index (Phi) is 3.13. The van der Waals surface area contributed by atoms with Gasteiger partial charge in [-0.1, -0.05) is 6.92 Å². The summed E-state index contributed by atoms with van der Waals surface area (Å²) in [7, 11) is 1.74. The van der Waals surface area contributed by atoms with Gasteiger partial charge in [0.25, 0.3) is 5.56 Å².